The fraction of sp³-hybridized carbons (Fsp3) is 0.688. The van der Waals surface area contributed by atoms with E-state index < -0.39 is 0 Å². The Kier molecular flexibility index (Phi) is 2.65. The molecule has 4 bridgehead atoms. The molecule has 0 saturated heterocycles. The summed E-state index contributed by atoms with van der Waals surface area (Å²) in [5, 5.41) is 2.09. The van der Waals surface area contributed by atoms with Crippen molar-refractivity contribution in [2.75, 3.05) is 6.54 Å². The molecule has 0 radical (unpaired) electrons. The maximum absolute atomic E-state index is 12.1. The number of thiophene rings is 1. The quantitative estimate of drug-likeness (QED) is 0.860. The van der Waals surface area contributed by atoms with Crippen LogP contribution in [0.15, 0.2) is 11.4 Å². The summed E-state index contributed by atoms with van der Waals surface area (Å²) in [6.07, 6.45) is 8.30. The molecule has 5 rings (SSSR count). The highest BCUT2D eigenvalue weighted by molar-refractivity contribution is 7.12. The van der Waals surface area contributed by atoms with Crippen LogP contribution in [0, 0.1) is 17.8 Å². The van der Waals surface area contributed by atoms with Gasteiger partial charge in [-0.3, -0.25) is 4.79 Å². The van der Waals surface area contributed by atoms with Gasteiger partial charge in [-0.25, -0.2) is 0 Å². The van der Waals surface area contributed by atoms with E-state index in [-0.39, 0.29) is 12.3 Å². The van der Waals surface area contributed by atoms with Crippen LogP contribution in [0.3, 0.4) is 0 Å². The monoisotopic (exact) mass is 275 g/mol. The van der Waals surface area contributed by atoms with Crippen molar-refractivity contribution in [1.82, 2.24) is 0 Å². The van der Waals surface area contributed by atoms with Gasteiger partial charge in [-0.15, -0.1) is 11.3 Å². The Morgan fingerprint density at radius 1 is 1.21 bits per heavy atom. The Labute approximate surface area is 118 Å². The second kappa shape index (κ2) is 4.16. The molecule has 4 aliphatic rings. The summed E-state index contributed by atoms with van der Waals surface area (Å²) in [6.45, 7) is 0.153. The van der Waals surface area contributed by atoms with Crippen molar-refractivity contribution in [2.24, 2.45) is 23.5 Å². The van der Waals surface area contributed by atoms with E-state index in [1.807, 2.05) is 0 Å². The zero-order valence-electron chi connectivity index (χ0n) is 11.2. The van der Waals surface area contributed by atoms with Crippen LogP contribution in [0.25, 0.3) is 0 Å². The lowest BCUT2D eigenvalue weighted by atomic mass is 9.48. The Morgan fingerprint density at radius 3 is 2.32 bits per heavy atom. The first-order valence-electron chi connectivity index (χ1n) is 7.51. The van der Waals surface area contributed by atoms with E-state index in [4.69, 9.17) is 5.73 Å². The summed E-state index contributed by atoms with van der Waals surface area (Å²) in [4.78, 5) is 13.0. The topological polar surface area (TPSA) is 43.1 Å². The third-order valence-electron chi connectivity index (χ3n) is 5.71. The van der Waals surface area contributed by atoms with Gasteiger partial charge in [0.25, 0.3) is 0 Å². The summed E-state index contributed by atoms with van der Waals surface area (Å²) in [5.41, 5.74) is 7.26. The molecule has 2 nitrogen and oxygen atoms in total. The molecule has 0 amide bonds. The maximum Gasteiger partial charge on any atom is 0.186 e. The van der Waals surface area contributed by atoms with Gasteiger partial charge in [-0.1, -0.05) is 0 Å². The molecule has 1 aromatic heterocycles. The van der Waals surface area contributed by atoms with Crippen LogP contribution in [0.2, 0.25) is 0 Å². The minimum absolute atomic E-state index is 0.140. The van der Waals surface area contributed by atoms with Crippen LogP contribution in [0.4, 0.5) is 0 Å². The molecule has 3 heteroatoms. The van der Waals surface area contributed by atoms with E-state index in [1.54, 1.807) is 11.3 Å². The van der Waals surface area contributed by atoms with Crippen LogP contribution < -0.4 is 5.73 Å². The second-order valence-corrected chi connectivity index (χ2v) is 7.90. The molecule has 4 saturated carbocycles. The minimum atomic E-state index is 0.140. The van der Waals surface area contributed by atoms with Gasteiger partial charge in [0, 0.05) is 0 Å². The molecule has 0 aromatic carbocycles. The van der Waals surface area contributed by atoms with Crippen LogP contribution in [-0.2, 0) is 5.41 Å². The highest BCUT2D eigenvalue weighted by atomic mass is 32.1. The normalized spacial score (nSPS) is 39.7. The summed E-state index contributed by atoms with van der Waals surface area (Å²) < 4.78 is 0. The third-order valence-corrected chi connectivity index (χ3v) is 6.67. The zero-order chi connectivity index (χ0) is 13.0. The van der Waals surface area contributed by atoms with Crippen molar-refractivity contribution in [3.8, 4) is 0 Å². The first-order chi connectivity index (χ1) is 9.20. The molecule has 4 aliphatic carbocycles. The van der Waals surface area contributed by atoms with Crippen LogP contribution in [-0.4, -0.2) is 12.3 Å². The standard InChI is InChI=1S/C16H21NOS/c17-9-14(18)15-13(1-2-19-15)16-6-10-3-11(7-16)5-12(4-10)8-16/h1-2,10-12H,3-9,17H2. The Balaban J connectivity index is 1.76. The van der Waals surface area contributed by atoms with E-state index in [2.05, 4.69) is 11.4 Å². The molecule has 0 spiro atoms. The fourth-order valence-corrected chi connectivity index (χ4v) is 6.44. The van der Waals surface area contributed by atoms with Gasteiger partial charge >= 0.3 is 0 Å². The molecule has 2 N–H and O–H groups in total. The molecule has 0 aliphatic heterocycles. The summed E-state index contributed by atoms with van der Waals surface area (Å²) >= 11 is 1.60. The Bertz CT molecular complexity index is 483. The third kappa shape index (κ3) is 1.74. The lowest BCUT2D eigenvalue weighted by molar-refractivity contribution is -0.00529. The molecular weight excluding hydrogens is 254 g/mol. The number of ketones is 1. The van der Waals surface area contributed by atoms with Crippen molar-refractivity contribution < 1.29 is 4.79 Å². The van der Waals surface area contributed by atoms with Crippen LogP contribution in [0.1, 0.15) is 53.8 Å². The zero-order valence-corrected chi connectivity index (χ0v) is 12.0. The predicted octanol–water partition coefficient (Wildman–Crippen LogP) is 3.36. The van der Waals surface area contributed by atoms with Gasteiger partial charge in [0.1, 0.15) is 0 Å². The van der Waals surface area contributed by atoms with Crippen molar-refractivity contribution in [1.29, 1.82) is 0 Å². The average molecular weight is 275 g/mol. The summed E-state index contributed by atoms with van der Waals surface area (Å²) in [5.74, 6) is 2.91. The van der Waals surface area contributed by atoms with Gasteiger partial charge in [-0.2, -0.15) is 0 Å². The van der Waals surface area contributed by atoms with E-state index in [0.717, 1.165) is 22.6 Å². The second-order valence-electron chi connectivity index (χ2n) is 6.99. The Hall–Kier alpha value is -0.670. The SMILES string of the molecule is NCC(=O)c1sccc1C12CC3CC(CC(C3)C1)C2. The van der Waals surface area contributed by atoms with Gasteiger partial charge in [0.2, 0.25) is 0 Å². The van der Waals surface area contributed by atoms with Gasteiger partial charge in [-0.05, 0) is 78.7 Å². The number of hydrogen-bond donors (Lipinski definition) is 1. The smallest absolute Gasteiger partial charge is 0.186 e. The highest BCUT2D eigenvalue weighted by Crippen LogP contribution is 2.61. The van der Waals surface area contributed by atoms with Gasteiger partial charge in [0.05, 0.1) is 11.4 Å². The molecule has 19 heavy (non-hydrogen) atoms. The maximum atomic E-state index is 12.1. The largest absolute Gasteiger partial charge is 0.324 e. The van der Waals surface area contributed by atoms with Gasteiger partial charge < -0.3 is 5.73 Å². The molecule has 4 fully saturated rings. The fourth-order valence-electron chi connectivity index (χ4n) is 5.48. The number of carbonyl (C=O) groups excluding carboxylic acids is 1. The van der Waals surface area contributed by atoms with Crippen LogP contribution in [0.5, 0.6) is 0 Å². The number of Topliss-reactive ketones (excluding diaryl/α,β-unsaturated/α-hetero) is 1. The summed E-state index contributed by atoms with van der Waals surface area (Å²) in [6, 6.07) is 2.22. The minimum Gasteiger partial charge on any atom is -0.324 e. The molecule has 1 heterocycles. The number of hydrogen-bond acceptors (Lipinski definition) is 3. The molecular formula is C16H21NOS. The highest BCUT2D eigenvalue weighted by Gasteiger charge is 2.52. The van der Waals surface area contributed by atoms with E-state index >= 15 is 0 Å². The van der Waals surface area contributed by atoms with E-state index in [1.165, 1.54) is 44.1 Å². The first-order valence-corrected chi connectivity index (χ1v) is 8.39. The number of carbonyl (C=O) groups is 1. The van der Waals surface area contributed by atoms with E-state index in [9.17, 15) is 4.79 Å². The summed E-state index contributed by atoms with van der Waals surface area (Å²) in [7, 11) is 0. The Morgan fingerprint density at radius 2 is 1.79 bits per heavy atom. The number of nitrogens with two attached hydrogens (primary N) is 1. The van der Waals surface area contributed by atoms with Crippen molar-refractivity contribution >= 4 is 17.1 Å². The van der Waals surface area contributed by atoms with Gasteiger partial charge in [0.15, 0.2) is 5.78 Å². The van der Waals surface area contributed by atoms with Crippen molar-refractivity contribution in [3.05, 3.63) is 21.9 Å². The van der Waals surface area contributed by atoms with Crippen LogP contribution >= 0.6 is 11.3 Å². The lowest BCUT2D eigenvalue weighted by Crippen LogP contribution is -2.48. The molecule has 0 atom stereocenters. The average Bonchev–Trinajstić information content (AvgIpc) is 2.86. The molecule has 0 unspecified atom stereocenters. The first kappa shape index (κ1) is 12.1. The molecule has 1 aromatic rings. The molecule has 102 valence electrons. The van der Waals surface area contributed by atoms with Crippen molar-refractivity contribution in [3.63, 3.8) is 0 Å². The van der Waals surface area contributed by atoms with Crippen molar-refractivity contribution in [2.45, 2.75) is 43.9 Å². The van der Waals surface area contributed by atoms with E-state index in [0.29, 0.717) is 5.41 Å². The predicted molar refractivity (Wildman–Crippen MR) is 77.6 cm³/mol. The lowest BCUT2D eigenvalue weighted by Gasteiger charge is -2.57. The number of rotatable bonds is 3.